The minimum absolute atomic E-state index is 0.149. The van der Waals surface area contributed by atoms with Gasteiger partial charge >= 0.3 is 5.97 Å². The first-order valence-corrected chi connectivity index (χ1v) is 5.45. The van der Waals surface area contributed by atoms with Gasteiger partial charge in [-0.1, -0.05) is 35.5 Å². The minimum atomic E-state index is -0.520. The van der Waals surface area contributed by atoms with Crippen molar-refractivity contribution in [2.45, 2.75) is 13.2 Å². The summed E-state index contributed by atoms with van der Waals surface area (Å²) in [6.45, 7) is 0.744. The number of nitrogens with zero attached hydrogens (tertiary/aromatic N) is 1. The number of hydrogen-bond donors (Lipinski definition) is 0. The van der Waals surface area contributed by atoms with E-state index < -0.39 is 5.97 Å². The van der Waals surface area contributed by atoms with Crippen molar-refractivity contribution in [3.05, 3.63) is 53.4 Å². The Morgan fingerprint density at radius 1 is 1.28 bits per heavy atom. The van der Waals surface area contributed by atoms with Gasteiger partial charge in [0.25, 0.3) is 0 Å². The molecule has 0 fully saturated rings. The standard InChI is InChI=1S/C13H13NO4/c1-16-13(15)12-7-11(18-14-12)9-17-8-10-5-3-2-4-6-10/h2-7H,8-9H2,1H3. The first-order valence-electron chi connectivity index (χ1n) is 5.45. The average molecular weight is 247 g/mol. The van der Waals surface area contributed by atoms with E-state index in [0.29, 0.717) is 12.4 Å². The van der Waals surface area contributed by atoms with Crippen LogP contribution in [0, 0.1) is 0 Å². The van der Waals surface area contributed by atoms with Crippen LogP contribution in [0.3, 0.4) is 0 Å². The summed E-state index contributed by atoms with van der Waals surface area (Å²) in [5.74, 6) is -0.0283. The summed E-state index contributed by atoms with van der Waals surface area (Å²) < 4.78 is 14.9. The van der Waals surface area contributed by atoms with Gasteiger partial charge in [-0.05, 0) is 5.56 Å². The molecule has 2 aromatic rings. The normalized spacial score (nSPS) is 10.3. The van der Waals surface area contributed by atoms with E-state index in [0.717, 1.165) is 5.56 Å². The summed E-state index contributed by atoms with van der Waals surface area (Å²) in [5.41, 5.74) is 1.22. The number of methoxy groups -OCH3 is 1. The lowest BCUT2D eigenvalue weighted by Gasteiger charge is -2.00. The van der Waals surface area contributed by atoms with Crippen LogP contribution in [0.15, 0.2) is 40.9 Å². The van der Waals surface area contributed by atoms with E-state index in [1.165, 1.54) is 13.2 Å². The second-order valence-electron chi connectivity index (χ2n) is 3.65. The Morgan fingerprint density at radius 2 is 2.06 bits per heavy atom. The van der Waals surface area contributed by atoms with Crippen molar-refractivity contribution in [1.29, 1.82) is 0 Å². The van der Waals surface area contributed by atoms with E-state index in [4.69, 9.17) is 9.26 Å². The fourth-order valence-electron chi connectivity index (χ4n) is 1.43. The van der Waals surface area contributed by atoms with Crippen LogP contribution in [0.4, 0.5) is 0 Å². The van der Waals surface area contributed by atoms with Crippen LogP contribution >= 0.6 is 0 Å². The van der Waals surface area contributed by atoms with Crippen molar-refractivity contribution < 1.29 is 18.8 Å². The van der Waals surface area contributed by atoms with Gasteiger partial charge in [0.05, 0.1) is 13.7 Å². The second kappa shape index (κ2) is 5.97. The number of carbonyl (C=O) groups is 1. The molecule has 0 aliphatic rings. The number of hydrogen-bond acceptors (Lipinski definition) is 5. The molecule has 0 saturated heterocycles. The van der Waals surface area contributed by atoms with Crippen LogP contribution in [0.2, 0.25) is 0 Å². The fraction of sp³-hybridized carbons (Fsp3) is 0.231. The molecule has 18 heavy (non-hydrogen) atoms. The zero-order valence-corrected chi connectivity index (χ0v) is 9.96. The van der Waals surface area contributed by atoms with Crippen LogP contribution in [0.5, 0.6) is 0 Å². The molecule has 0 radical (unpaired) electrons. The molecule has 1 aromatic carbocycles. The molecule has 0 aliphatic carbocycles. The maximum atomic E-state index is 11.1. The molecular formula is C13H13NO4. The van der Waals surface area contributed by atoms with E-state index in [1.54, 1.807) is 0 Å². The Bertz CT molecular complexity index is 507. The lowest BCUT2D eigenvalue weighted by Crippen LogP contribution is -2.00. The van der Waals surface area contributed by atoms with E-state index >= 15 is 0 Å². The molecule has 0 unspecified atom stereocenters. The summed E-state index contributed by atoms with van der Waals surface area (Å²) in [4.78, 5) is 11.1. The summed E-state index contributed by atoms with van der Waals surface area (Å²) >= 11 is 0. The van der Waals surface area contributed by atoms with Crippen molar-refractivity contribution in [2.75, 3.05) is 7.11 Å². The van der Waals surface area contributed by atoms with E-state index in [9.17, 15) is 4.79 Å². The average Bonchev–Trinajstić information content (AvgIpc) is 2.88. The smallest absolute Gasteiger partial charge is 0.360 e. The lowest BCUT2D eigenvalue weighted by molar-refractivity contribution is 0.0587. The first-order chi connectivity index (χ1) is 8.79. The van der Waals surface area contributed by atoms with Crippen LogP contribution < -0.4 is 0 Å². The zero-order valence-electron chi connectivity index (χ0n) is 9.96. The highest BCUT2D eigenvalue weighted by molar-refractivity contribution is 5.86. The highest BCUT2D eigenvalue weighted by Crippen LogP contribution is 2.08. The largest absolute Gasteiger partial charge is 0.464 e. The number of esters is 1. The fourth-order valence-corrected chi connectivity index (χ4v) is 1.43. The number of aromatic nitrogens is 1. The van der Waals surface area contributed by atoms with Gasteiger partial charge in [-0.25, -0.2) is 4.79 Å². The van der Waals surface area contributed by atoms with Gasteiger partial charge in [0.15, 0.2) is 11.5 Å². The van der Waals surface area contributed by atoms with Crippen LogP contribution in [0.1, 0.15) is 21.8 Å². The van der Waals surface area contributed by atoms with Crippen LogP contribution in [-0.2, 0) is 22.7 Å². The summed E-state index contributed by atoms with van der Waals surface area (Å²) in [6, 6.07) is 11.3. The SMILES string of the molecule is COC(=O)c1cc(COCc2ccccc2)on1. The first kappa shape index (κ1) is 12.3. The van der Waals surface area contributed by atoms with Crippen LogP contribution in [-0.4, -0.2) is 18.2 Å². The highest BCUT2D eigenvalue weighted by atomic mass is 16.5. The van der Waals surface area contributed by atoms with E-state index in [1.807, 2.05) is 30.3 Å². The Labute approximate surface area is 104 Å². The molecule has 0 atom stereocenters. The summed E-state index contributed by atoms with van der Waals surface area (Å²) in [7, 11) is 1.29. The second-order valence-corrected chi connectivity index (χ2v) is 3.65. The molecule has 0 aliphatic heterocycles. The Hall–Kier alpha value is -2.14. The predicted octanol–water partition coefficient (Wildman–Crippen LogP) is 2.18. The van der Waals surface area contributed by atoms with E-state index in [2.05, 4.69) is 9.89 Å². The molecule has 1 aromatic heterocycles. The van der Waals surface area contributed by atoms with Crippen molar-refractivity contribution in [2.24, 2.45) is 0 Å². The molecule has 0 saturated carbocycles. The Kier molecular flexibility index (Phi) is 4.09. The molecule has 1 heterocycles. The van der Waals surface area contributed by atoms with E-state index in [-0.39, 0.29) is 12.3 Å². The molecule has 0 spiro atoms. The highest BCUT2D eigenvalue weighted by Gasteiger charge is 2.12. The predicted molar refractivity (Wildman–Crippen MR) is 62.8 cm³/mol. The third-order valence-electron chi connectivity index (χ3n) is 2.31. The van der Waals surface area contributed by atoms with Gasteiger partial charge < -0.3 is 14.0 Å². The molecule has 0 N–H and O–H groups in total. The number of rotatable bonds is 5. The van der Waals surface area contributed by atoms with Gasteiger partial charge in [0.1, 0.15) is 6.61 Å². The topological polar surface area (TPSA) is 61.6 Å². The van der Waals surface area contributed by atoms with Crippen LogP contribution in [0.25, 0.3) is 0 Å². The molecule has 2 rings (SSSR count). The lowest BCUT2D eigenvalue weighted by atomic mass is 10.2. The molecule has 5 nitrogen and oxygen atoms in total. The van der Waals surface area contributed by atoms with Crippen molar-refractivity contribution in [1.82, 2.24) is 5.16 Å². The van der Waals surface area contributed by atoms with Gasteiger partial charge in [0, 0.05) is 6.07 Å². The van der Waals surface area contributed by atoms with Crippen molar-refractivity contribution in [3.63, 3.8) is 0 Å². The summed E-state index contributed by atoms with van der Waals surface area (Å²) in [6.07, 6.45) is 0. The number of carbonyl (C=O) groups excluding carboxylic acids is 1. The third-order valence-corrected chi connectivity index (χ3v) is 2.31. The maximum Gasteiger partial charge on any atom is 0.360 e. The third kappa shape index (κ3) is 3.18. The maximum absolute atomic E-state index is 11.1. The number of benzene rings is 1. The monoisotopic (exact) mass is 247 g/mol. The van der Waals surface area contributed by atoms with Gasteiger partial charge in [-0.15, -0.1) is 0 Å². The van der Waals surface area contributed by atoms with Gasteiger partial charge in [0.2, 0.25) is 0 Å². The van der Waals surface area contributed by atoms with Crippen molar-refractivity contribution >= 4 is 5.97 Å². The Balaban J connectivity index is 1.84. The molecule has 94 valence electrons. The minimum Gasteiger partial charge on any atom is -0.464 e. The Morgan fingerprint density at radius 3 is 2.78 bits per heavy atom. The molecule has 0 amide bonds. The molecule has 5 heteroatoms. The molecular weight excluding hydrogens is 234 g/mol. The quantitative estimate of drug-likeness (QED) is 0.758. The molecule has 0 bridgehead atoms. The zero-order chi connectivity index (χ0) is 12.8. The number of ether oxygens (including phenoxy) is 2. The van der Waals surface area contributed by atoms with Crippen molar-refractivity contribution in [3.8, 4) is 0 Å². The summed E-state index contributed by atoms with van der Waals surface area (Å²) in [5, 5.41) is 3.58. The van der Waals surface area contributed by atoms with Gasteiger partial charge in [-0.2, -0.15) is 0 Å². The van der Waals surface area contributed by atoms with Gasteiger partial charge in [-0.3, -0.25) is 0 Å².